The molecule has 3 heteroatoms. The molecule has 108 valence electrons. The van der Waals surface area contributed by atoms with Crippen molar-refractivity contribution in [1.82, 2.24) is 4.90 Å². The number of rotatable bonds is 5. The molecule has 1 amide bonds. The highest BCUT2D eigenvalue weighted by molar-refractivity contribution is 5.69. The van der Waals surface area contributed by atoms with Gasteiger partial charge in [-0.05, 0) is 40.0 Å². The van der Waals surface area contributed by atoms with E-state index in [1.807, 2.05) is 31.7 Å². The lowest BCUT2D eigenvalue weighted by Gasteiger charge is -2.41. The van der Waals surface area contributed by atoms with Gasteiger partial charge in [0.25, 0.3) is 0 Å². The number of ether oxygens (including phenoxy) is 1. The van der Waals surface area contributed by atoms with Crippen LogP contribution in [0.15, 0.2) is 25.3 Å². The van der Waals surface area contributed by atoms with E-state index in [-0.39, 0.29) is 11.6 Å². The topological polar surface area (TPSA) is 29.5 Å². The molecule has 1 rings (SSSR count). The van der Waals surface area contributed by atoms with Gasteiger partial charge in [-0.15, -0.1) is 13.2 Å². The number of nitrogens with zero attached hydrogens (tertiary/aromatic N) is 1. The minimum Gasteiger partial charge on any atom is -0.444 e. The molecular formula is C16H27NO2. The van der Waals surface area contributed by atoms with Crippen molar-refractivity contribution >= 4 is 6.09 Å². The maximum atomic E-state index is 12.4. The van der Waals surface area contributed by atoms with Gasteiger partial charge in [0.1, 0.15) is 5.60 Å². The minimum atomic E-state index is -0.468. The van der Waals surface area contributed by atoms with Gasteiger partial charge >= 0.3 is 6.09 Å². The summed E-state index contributed by atoms with van der Waals surface area (Å²) < 4.78 is 5.54. The lowest BCUT2D eigenvalue weighted by atomic mass is 9.91. The molecule has 0 aromatic rings. The molecule has 1 fully saturated rings. The van der Waals surface area contributed by atoms with E-state index in [9.17, 15) is 4.79 Å². The molecule has 0 spiro atoms. The Balaban J connectivity index is 2.93. The first-order chi connectivity index (χ1) is 8.84. The zero-order chi connectivity index (χ0) is 14.5. The highest BCUT2D eigenvalue weighted by atomic mass is 16.6. The Labute approximate surface area is 117 Å². The number of amides is 1. The Morgan fingerprint density at radius 2 is 1.84 bits per heavy atom. The van der Waals surface area contributed by atoms with Crippen molar-refractivity contribution in [2.24, 2.45) is 0 Å². The SMILES string of the molecule is C=CCN(C(=O)OC(C)(C)C)C1(CC=C)CCCC1. The van der Waals surface area contributed by atoms with Gasteiger partial charge in [0.2, 0.25) is 0 Å². The Morgan fingerprint density at radius 3 is 2.26 bits per heavy atom. The van der Waals surface area contributed by atoms with Crippen LogP contribution in [0.5, 0.6) is 0 Å². The zero-order valence-electron chi connectivity index (χ0n) is 12.6. The summed E-state index contributed by atoms with van der Waals surface area (Å²) in [6.45, 7) is 13.8. The average molecular weight is 265 g/mol. The Morgan fingerprint density at radius 1 is 1.26 bits per heavy atom. The molecule has 0 aliphatic heterocycles. The van der Waals surface area contributed by atoms with E-state index in [1.54, 1.807) is 6.08 Å². The summed E-state index contributed by atoms with van der Waals surface area (Å²) in [4.78, 5) is 14.3. The summed E-state index contributed by atoms with van der Waals surface area (Å²) in [6.07, 6.45) is 8.61. The first kappa shape index (κ1) is 15.8. The second kappa shape index (κ2) is 6.27. The smallest absolute Gasteiger partial charge is 0.411 e. The molecule has 0 saturated heterocycles. The van der Waals surface area contributed by atoms with Crippen molar-refractivity contribution in [3.63, 3.8) is 0 Å². The van der Waals surface area contributed by atoms with Crippen molar-refractivity contribution in [2.45, 2.75) is 64.0 Å². The molecule has 0 unspecified atom stereocenters. The molecule has 19 heavy (non-hydrogen) atoms. The standard InChI is InChI=1S/C16H27NO2/c1-6-10-16(11-8-9-12-16)17(13-7-2)14(18)19-15(3,4)5/h6-7H,1-2,8-13H2,3-5H3. The molecule has 1 saturated carbocycles. The van der Waals surface area contributed by atoms with Gasteiger partial charge in [0.05, 0.1) is 5.54 Å². The highest BCUT2D eigenvalue weighted by Crippen LogP contribution is 2.39. The summed E-state index contributed by atoms with van der Waals surface area (Å²) in [5, 5.41) is 0. The van der Waals surface area contributed by atoms with Gasteiger partial charge in [0.15, 0.2) is 0 Å². The van der Waals surface area contributed by atoms with Crippen LogP contribution in [0.25, 0.3) is 0 Å². The van der Waals surface area contributed by atoms with Crippen molar-refractivity contribution in [1.29, 1.82) is 0 Å². The summed E-state index contributed by atoms with van der Waals surface area (Å²) in [6, 6.07) is 0. The lowest BCUT2D eigenvalue weighted by molar-refractivity contribution is 0.00143. The number of hydrogen-bond acceptors (Lipinski definition) is 2. The molecule has 0 atom stereocenters. The average Bonchev–Trinajstić information content (AvgIpc) is 2.73. The van der Waals surface area contributed by atoms with Crippen LogP contribution >= 0.6 is 0 Å². The number of carbonyl (C=O) groups excluding carboxylic acids is 1. The zero-order valence-corrected chi connectivity index (χ0v) is 12.6. The van der Waals surface area contributed by atoms with E-state index in [1.165, 1.54) is 0 Å². The van der Waals surface area contributed by atoms with Gasteiger partial charge in [-0.25, -0.2) is 4.79 Å². The molecule has 3 nitrogen and oxygen atoms in total. The van der Waals surface area contributed by atoms with Crippen LogP contribution in [-0.2, 0) is 4.74 Å². The second-order valence-corrected chi connectivity index (χ2v) is 6.30. The Bertz CT molecular complexity index is 335. The van der Waals surface area contributed by atoms with Gasteiger partial charge in [-0.1, -0.05) is 25.0 Å². The third-order valence-electron chi connectivity index (χ3n) is 3.56. The second-order valence-electron chi connectivity index (χ2n) is 6.30. The van der Waals surface area contributed by atoms with E-state index >= 15 is 0 Å². The molecule has 0 aromatic carbocycles. The van der Waals surface area contributed by atoms with Crippen LogP contribution in [-0.4, -0.2) is 28.7 Å². The number of hydrogen-bond donors (Lipinski definition) is 0. The maximum Gasteiger partial charge on any atom is 0.411 e. The van der Waals surface area contributed by atoms with E-state index in [4.69, 9.17) is 4.74 Å². The monoisotopic (exact) mass is 265 g/mol. The quantitative estimate of drug-likeness (QED) is 0.694. The molecule has 0 N–H and O–H groups in total. The fourth-order valence-electron chi connectivity index (χ4n) is 2.79. The fourth-order valence-corrected chi connectivity index (χ4v) is 2.79. The number of carbonyl (C=O) groups is 1. The van der Waals surface area contributed by atoms with Crippen LogP contribution in [0.2, 0.25) is 0 Å². The molecule has 0 bridgehead atoms. The van der Waals surface area contributed by atoms with Gasteiger partial charge in [0, 0.05) is 6.54 Å². The van der Waals surface area contributed by atoms with Crippen LogP contribution in [0.3, 0.4) is 0 Å². The van der Waals surface area contributed by atoms with Crippen molar-refractivity contribution < 1.29 is 9.53 Å². The molecule has 1 aliphatic rings. The molecule has 1 aliphatic carbocycles. The third kappa shape index (κ3) is 4.12. The minimum absolute atomic E-state index is 0.127. The first-order valence-corrected chi connectivity index (χ1v) is 7.07. The molecule has 0 radical (unpaired) electrons. The molecular weight excluding hydrogens is 238 g/mol. The third-order valence-corrected chi connectivity index (χ3v) is 3.56. The normalized spacial score (nSPS) is 17.8. The Kier molecular flexibility index (Phi) is 5.21. The van der Waals surface area contributed by atoms with Crippen LogP contribution in [0, 0.1) is 0 Å². The maximum absolute atomic E-state index is 12.4. The van der Waals surface area contributed by atoms with Crippen LogP contribution in [0.4, 0.5) is 4.79 Å². The predicted octanol–water partition coefficient (Wildman–Crippen LogP) is 4.30. The summed E-state index contributed by atoms with van der Waals surface area (Å²) in [5.41, 5.74) is -0.594. The molecule has 0 heterocycles. The Hall–Kier alpha value is -1.25. The fraction of sp³-hybridized carbons (Fsp3) is 0.688. The van der Waals surface area contributed by atoms with Gasteiger partial charge in [-0.3, -0.25) is 4.90 Å². The largest absolute Gasteiger partial charge is 0.444 e. The lowest BCUT2D eigenvalue weighted by Crippen LogP contribution is -2.51. The van der Waals surface area contributed by atoms with E-state index in [2.05, 4.69) is 13.2 Å². The van der Waals surface area contributed by atoms with Gasteiger partial charge < -0.3 is 4.74 Å². The summed E-state index contributed by atoms with van der Waals surface area (Å²) >= 11 is 0. The summed E-state index contributed by atoms with van der Waals surface area (Å²) in [7, 11) is 0. The van der Waals surface area contributed by atoms with Crippen LogP contribution in [0.1, 0.15) is 52.9 Å². The van der Waals surface area contributed by atoms with E-state index in [0.717, 1.165) is 32.1 Å². The highest BCUT2D eigenvalue weighted by Gasteiger charge is 2.42. The van der Waals surface area contributed by atoms with Crippen molar-refractivity contribution in [3.8, 4) is 0 Å². The summed E-state index contributed by atoms with van der Waals surface area (Å²) in [5.74, 6) is 0. The van der Waals surface area contributed by atoms with Crippen molar-refractivity contribution in [2.75, 3.05) is 6.54 Å². The van der Waals surface area contributed by atoms with E-state index < -0.39 is 5.60 Å². The first-order valence-electron chi connectivity index (χ1n) is 7.07. The predicted molar refractivity (Wildman–Crippen MR) is 79.2 cm³/mol. The van der Waals surface area contributed by atoms with Gasteiger partial charge in [-0.2, -0.15) is 0 Å². The van der Waals surface area contributed by atoms with E-state index in [0.29, 0.717) is 6.54 Å². The molecule has 0 aromatic heterocycles. The van der Waals surface area contributed by atoms with Crippen molar-refractivity contribution in [3.05, 3.63) is 25.3 Å². The van der Waals surface area contributed by atoms with Crippen LogP contribution < -0.4 is 0 Å².